The van der Waals surface area contributed by atoms with Crippen LogP contribution in [0.1, 0.15) is 17.2 Å². The molecule has 1 fully saturated rings. The van der Waals surface area contributed by atoms with E-state index in [4.69, 9.17) is 0 Å². The van der Waals surface area contributed by atoms with Gasteiger partial charge in [0.15, 0.2) is 11.5 Å². The molecule has 0 aliphatic carbocycles. The molecule has 1 saturated heterocycles. The second-order valence-corrected chi connectivity index (χ2v) is 6.05. The van der Waals surface area contributed by atoms with Gasteiger partial charge in [-0.25, -0.2) is 0 Å². The minimum absolute atomic E-state index is 0.221. The van der Waals surface area contributed by atoms with Crippen molar-refractivity contribution < 1.29 is 28.1 Å². The molecule has 0 radical (unpaired) electrons. The Labute approximate surface area is 148 Å². The minimum Gasteiger partial charge on any atom is -0.504 e. The Morgan fingerprint density at radius 2 is 1.54 bits per heavy atom. The van der Waals surface area contributed by atoms with E-state index in [9.17, 15) is 23.4 Å². The Hall–Kier alpha value is -2.45. The molecule has 26 heavy (non-hydrogen) atoms. The Morgan fingerprint density at radius 1 is 0.923 bits per heavy atom. The van der Waals surface area contributed by atoms with Crippen LogP contribution < -0.4 is 10.1 Å². The van der Waals surface area contributed by atoms with Crippen LogP contribution in [-0.2, 0) is 0 Å². The van der Waals surface area contributed by atoms with E-state index in [1.165, 1.54) is 24.3 Å². The second-order valence-electron chi connectivity index (χ2n) is 6.05. The van der Waals surface area contributed by atoms with Gasteiger partial charge in [0.05, 0.1) is 6.04 Å². The van der Waals surface area contributed by atoms with Crippen LogP contribution in [0.2, 0.25) is 0 Å². The van der Waals surface area contributed by atoms with Crippen LogP contribution in [0.3, 0.4) is 0 Å². The van der Waals surface area contributed by atoms with Gasteiger partial charge in [-0.1, -0.05) is 18.2 Å². The molecular formula is C18H19F3N2O3. The van der Waals surface area contributed by atoms with Crippen LogP contribution in [0.15, 0.2) is 42.5 Å². The van der Waals surface area contributed by atoms with Crippen molar-refractivity contribution >= 4 is 0 Å². The molecular weight excluding hydrogens is 349 g/mol. The van der Waals surface area contributed by atoms with E-state index >= 15 is 0 Å². The number of nitrogens with one attached hydrogen (secondary N) is 1. The molecule has 0 spiro atoms. The number of phenols is 2. The molecule has 3 rings (SSSR count). The van der Waals surface area contributed by atoms with E-state index in [0.717, 1.165) is 37.3 Å². The van der Waals surface area contributed by atoms with Gasteiger partial charge < -0.3 is 20.3 Å². The van der Waals surface area contributed by atoms with Crippen molar-refractivity contribution in [3.63, 3.8) is 0 Å². The minimum atomic E-state index is -4.73. The first kappa shape index (κ1) is 18.3. The van der Waals surface area contributed by atoms with Crippen molar-refractivity contribution in [3.05, 3.63) is 53.6 Å². The zero-order valence-corrected chi connectivity index (χ0v) is 13.8. The molecule has 1 heterocycles. The average molecular weight is 368 g/mol. The Bertz CT molecular complexity index is 744. The maximum absolute atomic E-state index is 12.3. The number of aromatic hydroxyl groups is 2. The summed E-state index contributed by atoms with van der Waals surface area (Å²) in [6.45, 7) is 3.06. The number of ether oxygens (including phenoxy) is 1. The summed E-state index contributed by atoms with van der Waals surface area (Å²) in [6.07, 6.45) is -4.73. The van der Waals surface area contributed by atoms with Crippen molar-refractivity contribution in [1.29, 1.82) is 0 Å². The Balaban J connectivity index is 1.93. The normalized spacial score (nSPS) is 17.0. The second kappa shape index (κ2) is 7.43. The largest absolute Gasteiger partial charge is 0.573 e. The molecule has 3 N–H and O–H groups in total. The Morgan fingerprint density at radius 3 is 2.12 bits per heavy atom. The summed E-state index contributed by atoms with van der Waals surface area (Å²) in [5.41, 5.74) is 1.51. The number of hydrogen-bond acceptors (Lipinski definition) is 5. The molecule has 0 bridgehead atoms. The summed E-state index contributed by atoms with van der Waals surface area (Å²) >= 11 is 0. The lowest BCUT2D eigenvalue weighted by Gasteiger charge is -2.35. The molecule has 0 saturated carbocycles. The first-order valence-electron chi connectivity index (χ1n) is 8.16. The molecule has 140 valence electrons. The highest BCUT2D eigenvalue weighted by Crippen LogP contribution is 2.35. The molecule has 1 atom stereocenters. The van der Waals surface area contributed by atoms with E-state index in [2.05, 4.69) is 15.0 Å². The number of rotatable bonds is 4. The maximum Gasteiger partial charge on any atom is 0.573 e. The third-order valence-electron chi connectivity index (χ3n) is 4.26. The zero-order chi connectivity index (χ0) is 18.7. The van der Waals surface area contributed by atoms with Gasteiger partial charge in [0.2, 0.25) is 0 Å². The molecule has 8 heteroatoms. The predicted molar refractivity (Wildman–Crippen MR) is 89.2 cm³/mol. The van der Waals surface area contributed by atoms with Crippen molar-refractivity contribution in [3.8, 4) is 17.2 Å². The van der Waals surface area contributed by atoms with Gasteiger partial charge in [-0.2, -0.15) is 0 Å². The quantitative estimate of drug-likeness (QED) is 0.724. The standard InChI is InChI=1S/C18H19F3N2O3/c19-18(20,21)26-14-4-1-12(2-5-14)17(23-9-7-22-8-10-23)13-3-6-15(24)16(25)11-13/h1-6,11,17,22,24-25H,7-10H2/t17-/m1/s1. The highest BCUT2D eigenvalue weighted by molar-refractivity contribution is 5.44. The van der Waals surface area contributed by atoms with Gasteiger partial charge in [0.1, 0.15) is 5.75 Å². The monoisotopic (exact) mass is 368 g/mol. The molecule has 0 aromatic heterocycles. The first-order valence-corrected chi connectivity index (χ1v) is 8.16. The summed E-state index contributed by atoms with van der Waals surface area (Å²) in [4.78, 5) is 2.17. The Kier molecular flexibility index (Phi) is 5.24. The molecule has 0 amide bonds. The fourth-order valence-corrected chi connectivity index (χ4v) is 3.12. The molecule has 1 aliphatic heterocycles. The molecule has 1 aliphatic rings. The fourth-order valence-electron chi connectivity index (χ4n) is 3.12. The van der Waals surface area contributed by atoms with Crippen LogP contribution in [0, 0.1) is 0 Å². The highest BCUT2D eigenvalue weighted by Gasteiger charge is 2.31. The van der Waals surface area contributed by atoms with Crippen LogP contribution in [-0.4, -0.2) is 47.7 Å². The fraction of sp³-hybridized carbons (Fsp3) is 0.333. The number of alkyl halides is 3. The number of piperazine rings is 1. The summed E-state index contributed by atoms with van der Waals surface area (Å²) in [5, 5.41) is 22.6. The number of nitrogens with zero attached hydrogens (tertiary/aromatic N) is 1. The average Bonchev–Trinajstić information content (AvgIpc) is 2.59. The predicted octanol–water partition coefficient (Wildman–Crippen LogP) is 2.99. The third kappa shape index (κ3) is 4.39. The maximum atomic E-state index is 12.3. The van der Waals surface area contributed by atoms with Crippen LogP contribution in [0.25, 0.3) is 0 Å². The van der Waals surface area contributed by atoms with E-state index in [1.807, 2.05) is 0 Å². The molecule has 5 nitrogen and oxygen atoms in total. The smallest absolute Gasteiger partial charge is 0.504 e. The lowest BCUT2D eigenvalue weighted by Crippen LogP contribution is -2.45. The summed E-state index contributed by atoms with van der Waals surface area (Å²) in [5.74, 6) is -0.741. The topological polar surface area (TPSA) is 65.0 Å². The molecule has 2 aromatic rings. The van der Waals surface area contributed by atoms with Crippen molar-refractivity contribution in [1.82, 2.24) is 10.2 Å². The first-order chi connectivity index (χ1) is 12.3. The summed E-state index contributed by atoms with van der Waals surface area (Å²) in [7, 11) is 0. The van der Waals surface area contributed by atoms with Crippen molar-refractivity contribution in [2.45, 2.75) is 12.4 Å². The molecule has 0 unspecified atom stereocenters. The molecule has 2 aromatic carbocycles. The number of benzene rings is 2. The van der Waals surface area contributed by atoms with Crippen LogP contribution in [0.4, 0.5) is 13.2 Å². The van der Waals surface area contributed by atoms with Gasteiger partial charge in [0.25, 0.3) is 0 Å². The number of phenolic OH excluding ortho intramolecular Hbond substituents is 2. The van der Waals surface area contributed by atoms with Crippen molar-refractivity contribution in [2.24, 2.45) is 0 Å². The summed E-state index contributed by atoms with van der Waals surface area (Å²) in [6, 6.07) is 10.0. The van der Waals surface area contributed by atoms with E-state index < -0.39 is 6.36 Å². The summed E-state index contributed by atoms with van der Waals surface area (Å²) < 4.78 is 41.0. The van der Waals surface area contributed by atoms with Crippen LogP contribution >= 0.6 is 0 Å². The van der Waals surface area contributed by atoms with Gasteiger partial charge in [-0.3, -0.25) is 4.90 Å². The van der Waals surface area contributed by atoms with Crippen molar-refractivity contribution in [2.75, 3.05) is 26.2 Å². The van der Waals surface area contributed by atoms with Gasteiger partial charge in [0, 0.05) is 26.2 Å². The van der Waals surface area contributed by atoms with Gasteiger partial charge >= 0.3 is 6.36 Å². The zero-order valence-electron chi connectivity index (χ0n) is 13.8. The number of halogens is 3. The lowest BCUT2D eigenvalue weighted by molar-refractivity contribution is -0.274. The highest BCUT2D eigenvalue weighted by atomic mass is 19.4. The number of hydrogen-bond donors (Lipinski definition) is 3. The van der Waals surface area contributed by atoms with E-state index in [1.54, 1.807) is 18.2 Å². The lowest BCUT2D eigenvalue weighted by atomic mass is 9.96. The van der Waals surface area contributed by atoms with Gasteiger partial charge in [-0.15, -0.1) is 13.2 Å². The third-order valence-corrected chi connectivity index (χ3v) is 4.26. The van der Waals surface area contributed by atoms with Gasteiger partial charge in [-0.05, 0) is 35.4 Å². The SMILES string of the molecule is Oc1ccc([C@@H](c2ccc(OC(F)(F)F)cc2)N2CCNCC2)cc1O. The van der Waals surface area contributed by atoms with E-state index in [0.29, 0.717) is 0 Å². The van der Waals surface area contributed by atoms with Crippen LogP contribution in [0.5, 0.6) is 17.2 Å². The van der Waals surface area contributed by atoms with E-state index in [-0.39, 0.29) is 23.3 Å².